The van der Waals surface area contributed by atoms with E-state index in [0.717, 1.165) is 19.0 Å². The van der Waals surface area contributed by atoms with Gasteiger partial charge < -0.3 is 32.8 Å². The first-order valence-corrected chi connectivity index (χ1v) is 12.1. The smallest absolute Gasteiger partial charge is 0.356 e. The maximum Gasteiger partial charge on any atom is 0.356 e. The molecule has 0 radical (unpaired) electrons. The van der Waals surface area contributed by atoms with E-state index in [4.69, 9.17) is 32.8 Å². The largest absolute Gasteiger partial charge is 0.382 e. The van der Waals surface area contributed by atoms with E-state index >= 15 is 0 Å². The average molecular weight is 464 g/mol. The van der Waals surface area contributed by atoms with Gasteiger partial charge in [0.2, 0.25) is 0 Å². The Balaban J connectivity index is 2.02. The Morgan fingerprint density at radius 3 is 2.52 bits per heavy atom. The number of hydroxylamine groups is 1. The van der Waals surface area contributed by atoms with Crippen LogP contribution in [0.3, 0.4) is 0 Å². The number of carbonyl (C=O) groups is 1. The Morgan fingerprint density at radius 2 is 1.90 bits per heavy atom. The van der Waals surface area contributed by atoms with Gasteiger partial charge in [-0.3, -0.25) is 4.90 Å². The molecule has 10 nitrogen and oxygen atoms in total. The minimum atomic E-state index is -0.873. The molecular weight excluding hydrogens is 427 g/mol. The number of carbonyl (C=O) groups excluding carboxylic acids is 1. The number of methoxy groups -OCH3 is 2. The van der Waals surface area contributed by atoms with Crippen molar-refractivity contribution in [3.63, 3.8) is 0 Å². The van der Waals surface area contributed by atoms with Crippen molar-refractivity contribution in [2.24, 2.45) is 0 Å². The van der Waals surface area contributed by atoms with Crippen molar-refractivity contribution >= 4 is 14.4 Å². The predicted molar refractivity (Wildman–Crippen MR) is 115 cm³/mol. The monoisotopic (exact) mass is 464 g/mol. The molecule has 0 aliphatic carbocycles. The van der Waals surface area contributed by atoms with Crippen LogP contribution in [0.25, 0.3) is 0 Å². The summed E-state index contributed by atoms with van der Waals surface area (Å²) in [5.41, 5.74) is 2.39. The minimum absolute atomic E-state index is 0.0507. The first-order chi connectivity index (χ1) is 15.0. The van der Waals surface area contributed by atoms with E-state index in [1.807, 2.05) is 13.8 Å². The first-order valence-electron chi connectivity index (χ1n) is 10.8. The number of urea groups is 1. The normalized spacial score (nSPS) is 24.0. The molecule has 1 N–H and O–H groups in total. The average Bonchev–Trinajstić information content (AvgIpc) is 3.13. The number of rotatable bonds is 15. The lowest BCUT2D eigenvalue weighted by Gasteiger charge is -2.33. The van der Waals surface area contributed by atoms with Crippen molar-refractivity contribution in [3.8, 4) is 0 Å². The van der Waals surface area contributed by atoms with Crippen molar-refractivity contribution in [1.29, 1.82) is 0 Å². The van der Waals surface area contributed by atoms with Crippen LogP contribution in [-0.2, 0) is 32.8 Å². The van der Waals surface area contributed by atoms with Gasteiger partial charge in [-0.25, -0.2) is 4.79 Å². The molecule has 0 aromatic rings. The van der Waals surface area contributed by atoms with Crippen LogP contribution >= 0.6 is 8.38 Å². The SMILES string of the molecule is CCOP(CCCC1C[C@@H](OC(COC)COC)C(N2C=C(C)ONC2=O)O1)OCC. The summed E-state index contributed by atoms with van der Waals surface area (Å²) in [6.07, 6.45) is 3.66. The fourth-order valence-electron chi connectivity index (χ4n) is 3.56. The van der Waals surface area contributed by atoms with Gasteiger partial charge in [-0.2, -0.15) is 5.48 Å². The van der Waals surface area contributed by atoms with E-state index < -0.39 is 20.6 Å². The zero-order valence-corrected chi connectivity index (χ0v) is 20.1. The molecule has 2 aliphatic rings. The number of amides is 2. The van der Waals surface area contributed by atoms with Crippen LogP contribution in [-0.4, -0.2) is 82.3 Å². The molecule has 180 valence electrons. The summed E-state index contributed by atoms with van der Waals surface area (Å²) in [7, 11) is 2.37. The van der Waals surface area contributed by atoms with Gasteiger partial charge in [0.05, 0.1) is 38.7 Å². The second-order valence-corrected chi connectivity index (χ2v) is 8.91. The lowest BCUT2D eigenvalue weighted by Crippen LogP contribution is -2.50. The van der Waals surface area contributed by atoms with Crippen LogP contribution in [0.15, 0.2) is 12.0 Å². The van der Waals surface area contributed by atoms with E-state index in [9.17, 15) is 4.79 Å². The summed E-state index contributed by atoms with van der Waals surface area (Å²) in [5, 5.41) is 0. The van der Waals surface area contributed by atoms with Crippen LogP contribution in [0.2, 0.25) is 0 Å². The van der Waals surface area contributed by atoms with Crippen molar-refractivity contribution in [3.05, 3.63) is 12.0 Å². The van der Waals surface area contributed by atoms with Crippen LogP contribution in [0.1, 0.15) is 40.0 Å². The van der Waals surface area contributed by atoms with Crippen LogP contribution in [0.4, 0.5) is 4.79 Å². The Labute approximate surface area is 186 Å². The molecule has 2 rings (SSSR count). The van der Waals surface area contributed by atoms with Gasteiger partial charge in [0.1, 0.15) is 18.0 Å². The van der Waals surface area contributed by atoms with Gasteiger partial charge in [0, 0.05) is 26.8 Å². The molecule has 1 fully saturated rings. The second kappa shape index (κ2) is 14.2. The lowest BCUT2D eigenvalue weighted by molar-refractivity contribution is -0.127. The van der Waals surface area contributed by atoms with Gasteiger partial charge in [-0.05, 0) is 33.6 Å². The minimum Gasteiger partial charge on any atom is -0.382 e. The molecule has 0 bridgehead atoms. The molecule has 11 heteroatoms. The lowest BCUT2D eigenvalue weighted by atomic mass is 10.1. The highest BCUT2D eigenvalue weighted by Crippen LogP contribution is 2.40. The molecule has 0 aromatic heterocycles. The molecule has 0 aromatic carbocycles. The summed E-state index contributed by atoms with van der Waals surface area (Å²) < 4.78 is 34.4. The van der Waals surface area contributed by atoms with E-state index in [1.54, 1.807) is 27.3 Å². The predicted octanol–water partition coefficient (Wildman–Crippen LogP) is 3.13. The van der Waals surface area contributed by atoms with Crippen molar-refractivity contribution in [2.75, 3.05) is 46.8 Å². The summed E-state index contributed by atoms with van der Waals surface area (Å²) in [5.74, 6) is 0.565. The fourth-order valence-corrected chi connectivity index (χ4v) is 4.91. The van der Waals surface area contributed by atoms with E-state index in [-0.39, 0.29) is 18.3 Å². The third kappa shape index (κ3) is 8.46. The quantitative estimate of drug-likeness (QED) is 0.369. The van der Waals surface area contributed by atoms with E-state index in [1.165, 1.54) is 4.90 Å². The number of hydrogen-bond donors (Lipinski definition) is 1. The van der Waals surface area contributed by atoms with Crippen molar-refractivity contribution in [1.82, 2.24) is 10.4 Å². The van der Waals surface area contributed by atoms with Gasteiger partial charge in [-0.15, -0.1) is 0 Å². The van der Waals surface area contributed by atoms with Crippen LogP contribution < -0.4 is 5.48 Å². The standard InChI is InChI=1S/C20H37N2O8P/c1-6-26-31(27-7-2)10-8-9-16-11-18(28-17(13-24-4)14-25-5)19(29-16)22-12-15(3)30-21-20(22)23/h12,16-19H,6-11,13-14H2,1-5H3,(H,21,23)/t16?,18-,19?/m1/s1. The van der Waals surface area contributed by atoms with Crippen LogP contribution in [0, 0.1) is 0 Å². The van der Waals surface area contributed by atoms with Gasteiger partial charge in [0.25, 0.3) is 0 Å². The number of ether oxygens (including phenoxy) is 4. The summed E-state index contributed by atoms with van der Waals surface area (Å²) >= 11 is 0. The number of nitrogens with one attached hydrogen (secondary N) is 1. The Hall–Kier alpha value is -1.00. The maximum atomic E-state index is 12.4. The molecular formula is C20H37N2O8P. The van der Waals surface area contributed by atoms with Gasteiger partial charge in [0.15, 0.2) is 14.6 Å². The molecule has 2 amide bonds. The van der Waals surface area contributed by atoms with Crippen molar-refractivity contribution in [2.45, 2.75) is 64.6 Å². The molecule has 2 unspecified atom stereocenters. The summed E-state index contributed by atoms with van der Waals surface area (Å²) in [6.45, 7) is 7.76. The van der Waals surface area contributed by atoms with Gasteiger partial charge in [-0.1, -0.05) is 0 Å². The molecule has 31 heavy (non-hydrogen) atoms. The van der Waals surface area contributed by atoms with Crippen LogP contribution in [0.5, 0.6) is 0 Å². The highest BCUT2D eigenvalue weighted by molar-refractivity contribution is 7.47. The molecule has 2 aliphatic heterocycles. The number of allylic oxidation sites excluding steroid dienone is 1. The Morgan fingerprint density at radius 1 is 1.23 bits per heavy atom. The molecule has 0 saturated carbocycles. The first kappa shape index (κ1) is 26.3. The van der Waals surface area contributed by atoms with E-state index in [2.05, 4.69) is 5.48 Å². The maximum absolute atomic E-state index is 12.4. The highest BCUT2D eigenvalue weighted by atomic mass is 31.2. The van der Waals surface area contributed by atoms with Gasteiger partial charge >= 0.3 is 6.03 Å². The molecule has 0 spiro atoms. The fraction of sp³-hybridized carbons (Fsp3) is 0.850. The van der Waals surface area contributed by atoms with Crippen molar-refractivity contribution < 1.29 is 37.6 Å². The third-order valence-electron chi connectivity index (χ3n) is 4.76. The highest BCUT2D eigenvalue weighted by Gasteiger charge is 2.43. The Bertz CT molecular complexity index is 555. The topological polar surface area (TPSA) is 97.0 Å². The molecule has 3 atom stereocenters. The molecule has 2 heterocycles. The number of nitrogens with zero attached hydrogens (tertiary/aromatic N) is 1. The second-order valence-electron chi connectivity index (χ2n) is 7.28. The van der Waals surface area contributed by atoms with E-state index in [0.29, 0.717) is 38.6 Å². The Kier molecular flexibility index (Phi) is 12.0. The summed E-state index contributed by atoms with van der Waals surface area (Å²) in [4.78, 5) is 19.0. The zero-order valence-electron chi connectivity index (χ0n) is 19.2. The molecule has 1 saturated heterocycles. The number of hydrogen-bond acceptors (Lipinski definition) is 8. The summed E-state index contributed by atoms with van der Waals surface area (Å²) in [6, 6.07) is -0.393. The zero-order chi connectivity index (χ0) is 22.6. The third-order valence-corrected chi connectivity index (χ3v) is 6.53.